The van der Waals surface area contributed by atoms with Crippen LogP contribution in [0.4, 0.5) is 13.2 Å². The average molecular weight is 214 g/mol. The molecule has 1 atom stereocenters. The van der Waals surface area contributed by atoms with Crippen molar-refractivity contribution in [2.45, 2.75) is 38.4 Å². The summed E-state index contributed by atoms with van der Waals surface area (Å²) < 4.78 is 39.5. The molecule has 3 N–H and O–H groups in total. The van der Waals surface area contributed by atoms with Crippen LogP contribution in [-0.4, -0.2) is 25.4 Å². The van der Waals surface area contributed by atoms with Gasteiger partial charge in [-0.3, -0.25) is 11.3 Å². The summed E-state index contributed by atoms with van der Waals surface area (Å²) in [6, 6.07) is -0.197. The maximum atomic E-state index is 11.7. The predicted molar refractivity (Wildman–Crippen MR) is 47.5 cm³/mol. The van der Waals surface area contributed by atoms with Gasteiger partial charge in [0, 0.05) is 6.04 Å². The lowest BCUT2D eigenvalue weighted by molar-refractivity contribution is -0.175. The molecule has 0 saturated heterocycles. The molecule has 0 heterocycles. The Bertz CT molecular complexity index is 141. The van der Waals surface area contributed by atoms with E-state index in [4.69, 9.17) is 5.84 Å². The first kappa shape index (κ1) is 13.7. The Morgan fingerprint density at radius 3 is 2.50 bits per heavy atom. The minimum Gasteiger partial charge on any atom is -0.370 e. The molecule has 0 bridgehead atoms. The molecule has 0 aliphatic carbocycles. The van der Waals surface area contributed by atoms with Gasteiger partial charge >= 0.3 is 6.18 Å². The fourth-order valence-corrected chi connectivity index (χ4v) is 0.982. The second-order valence-electron chi connectivity index (χ2n) is 3.14. The van der Waals surface area contributed by atoms with E-state index in [0.29, 0.717) is 0 Å². The van der Waals surface area contributed by atoms with Crippen LogP contribution in [0.15, 0.2) is 0 Å². The number of rotatable bonds is 7. The van der Waals surface area contributed by atoms with Crippen LogP contribution in [-0.2, 0) is 4.74 Å². The fraction of sp³-hybridized carbons (Fsp3) is 1.00. The van der Waals surface area contributed by atoms with Crippen molar-refractivity contribution in [3.63, 3.8) is 0 Å². The number of hydrazine groups is 1. The first-order valence-electron chi connectivity index (χ1n) is 4.60. The third-order valence-electron chi connectivity index (χ3n) is 1.73. The summed E-state index contributed by atoms with van der Waals surface area (Å²) in [5, 5.41) is 0. The normalized spacial score (nSPS) is 14.4. The van der Waals surface area contributed by atoms with E-state index >= 15 is 0 Å². The monoisotopic (exact) mass is 214 g/mol. The van der Waals surface area contributed by atoms with Crippen LogP contribution in [0.2, 0.25) is 0 Å². The Kier molecular flexibility index (Phi) is 6.86. The van der Waals surface area contributed by atoms with Gasteiger partial charge in [0.1, 0.15) is 6.61 Å². The van der Waals surface area contributed by atoms with E-state index in [1.165, 1.54) is 0 Å². The Morgan fingerprint density at radius 2 is 2.07 bits per heavy atom. The lowest BCUT2D eigenvalue weighted by Gasteiger charge is -2.16. The van der Waals surface area contributed by atoms with Crippen molar-refractivity contribution in [1.82, 2.24) is 5.43 Å². The number of nitrogens with one attached hydrogen (secondary N) is 1. The predicted octanol–water partition coefficient (Wildman–Crippen LogP) is 1.59. The van der Waals surface area contributed by atoms with Crippen molar-refractivity contribution in [2.24, 2.45) is 5.84 Å². The van der Waals surface area contributed by atoms with Gasteiger partial charge in [0.2, 0.25) is 0 Å². The van der Waals surface area contributed by atoms with E-state index in [-0.39, 0.29) is 12.6 Å². The maximum Gasteiger partial charge on any atom is 0.411 e. The highest BCUT2D eigenvalue weighted by molar-refractivity contribution is 4.62. The maximum absolute atomic E-state index is 11.7. The van der Waals surface area contributed by atoms with Crippen molar-refractivity contribution in [1.29, 1.82) is 0 Å². The summed E-state index contributed by atoms with van der Waals surface area (Å²) in [7, 11) is 0. The van der Waals surface area contributed by atoms with E-state index in [2.05, 4.69) is 10.2 Å². The third kappa shape index (κ3) is 8.28. The molecule has 3 nitrogen and oxygen atoms in total. The summed E-state index contributed by atoms with van der Waals surface area (Å²) in [6.45, 7) is 0.789. The first-order valence-corrected chi connectivity index (χ1v) is 4.60. The summed E-state index contributed by atoms with van der Waals surface area (Å²) in [6.07, 6.45) is -1.63. The Balaban J connectivity index is 3.52. The molecule has 0 rings (SSSR count). The highest BCUT2D eigenvalue weighted by Gasteiger charge is 2.27. The van der Waals surface area contributed by atoms with Gasteiger partial charge in [0.25, 0.3) is 0 Å². The van der Waals surface area contributed by atoms with E-state index < -0.39 is 12.8 Å². The lowest BCUT2D eigenvalue weighted by atomic mass is 10.1. The number of ether oxygens (including phenoxy) is 1. The molecule has 0 amide bonds. The summed E-state index contributed by atoms with van der Waals surface area (Å²) >= 11 is 0. The van der Waals surface area contributed by atoms with Crippen LogP contribution in [0.5, 0.6) is 0 Å². The molecule has 0 aliphatic heterocycles. The SMILES string of the molecule is CCCCC(COCC(F)(F)F)NN. The van der Waals surface area contributed by atoms with Gasteiger partial charge in [-0.1, -0.05) is 19.8 Å². The Labute approximate surface area is 81.8 Å². The zero-order valence-electron chi connectivity index (χ0n) is 8.23. The number of alkyl halides is 3. The van der Waals surface area contributed by atoms with Gasteiger partial charge in [-0.05, 0) is 6.42 Å². The lowest BCUT2D eigenvalue weighted by Crippen LogP contribution is -2.39. The molecule has 0 radical (unpaired) electrons. The molecule has 0 fully saturated rings. The molecular weight excluding hydrogens is 197 g/mol. The minimum absolute atomic E-state index is 0.00396. The average Bonchev–Trinajstić information content (AvgIpc) is 2.09. The molecule has 14 heavy (non-hydrogen) atoms. The van der Waals surface area contributed by atoms with Crippen LogP contribution in [0.1, 0.15) is 26.2 Å². The number of nitrogens with two attached hydrogens (primary N) is 1. The zero-order chi connectivity index (χ0) is 11.0. The highest BCUT2D eigenvalue weighted by Crippen LogP contribution is 2.14. The van der Waals surface area contributed by atoms with Crippen LogP contribution < -0.4 is 11.3 Å². The van der Waals surface area contributed by atoms with Gasteiger partial charge < -0.3 is 4.74 Å². The molecule has 0 aromatic carbocycles. The molecule has 0 aliphatic rings. The Morgan fingerprint density at radius 1 is 1.43 bits per heavy atom. The quantitative estimate of drug-likeness (QED) is 0.499. The van der Waals surface area contributed by atoms with Crippen molar-refractivity contribution in [2.75, 3.05) is 13.2 Å². The smallest absolute Gasteiger partial charge is 0.370 e. The molecule has 86 valence electrons. The first-order chi connectivity index (χ1) is 6.49. The Hall–Kier alpha value is -0.330. The minimum atomic E-state index is -4.26. The topological polar surface area (TPSA) is 47.3 Å². The molecule has 0 saturated carbocycles. The van der Waals surface area contributed by atoms with Crippen LogP contribution in [0.25, 0.3) is 0 Å². The van der Waals surface area contributed by atoms with Gasteiger partial charge in [-0.2, -0.15) is 13.2 Å². The molecule has 0 aromatic heterocycles. The van der Waals surface area contributed by atoms with E-state index in [1.54, 1.807) is 0 Å². The van der Waals surface area contributed by atoms with Gasteiger partial charge in [0.15, 0.2) is 0 Å². The molecule has 1 unspecified atom stereocenters. The number of unbranched alkanes of at least 4 members (excludes halogenated alkanes) is 1. The number of hydrogen-bond acceptors (Lipinski definition) is 3. The molecule has 0 aromatic rings. The van der Waals surface area contributed by atoms with Crippen molar-refractivity contribution < 1.29 is 17.9 Å². The third-order valence-corrected chi connectivity index (χ3v) is 1.73. The summed E-state index contributed by atoms with van der Waals surface area (Å²) in [5.41, 5.74) is 2.43. The summed E-state index contributed by atoms with van der Waals surface area (Å²) in [5.74, 6) is 5.15. The highest BCUT2D eigenvalue weighted by atomic mass is 19.4. The van der Waals surface area contributed by atoms with E-state index in [0.717, 1.165) is 19.3 Å². The van der Waals surface area contributed by atoms with Gasteiger partial charge in [-0.25, -0.2) is 0 Å². The van der Waals surface area contributed by atoms with Crippen LogP contribution >= 0.6 is 0 Å². The van der Waals surface area contributed by atoms with Crippen molar-refractivity contribution in [3.8, 4) is 0 Å². The number of halogens is 3. The zero-order valence-corrected chi connectivity index (χ0v) is 8.23. The fourth-order valence-electron chi connectivity index (χ4n) is 0.982. The molecule has 6 heteroatoms. The van der Waals surface area contributed by atoms with Gasteiger partial charge in [0.05, 0.1) is 6.61 Å². The van der Waals surface area contributed by atoms with Crippen LogP contribution in [0, 0.1) is 0 Å². The van der Waals surface area contributed by atoms with Crippen LogP contribution in [0.3, 0.4) is 0 Å². The number of hydrogen-bond donors (Lipinski definition) is 2. The largest absolute Gasteiger partial charge is 0.411 e. The molecule has 0 spiro atoms. The second kappa shape index (κ2) is 7.03. The van der Waals surface area contributed by atoms with Crippen molar-refractivity contribution in [3.05, 3.63) is 0 Å². The second-order valence-corrected chi connectivity index (χ2v) is 3.14. The summed E-state index contributed by atoms with van der Waals surface area (Å²) in [4.78, 5) is 0. The van der Waals surface area contributed by atoms with E-state index in [1.807, 2.05) is 6.92 Å². The van der Waals surface area contributed by atoms with E-state index in [9.17, 15) is 13.2 Å². The van der Waals surface area contributed by atoms with Crippen molar-refractivity contribution >= 4 is 0 Å². The standard InChI is InChI=1S/C8H17F3N2O/c1-2-3-4-7(13-12)5-14-6-8(9,10)11/h7,13H,2-6,12H2,1H3. The van der Waals surface area contributed by atoms with Gasteiger partial charge in [-0.15, -0.1) is 0 Å². The molecular formula is C8H17F3N2O.